The second-order valence-electron chi connectivity index (χ2n) is 6.02. The average Bonchev–Trinajstić information content (AvgIpc) is 2.70. The van der Waals surface area contributed by atoms with Crippen LogP contribution < -0.4 is 15.9 Å². The number of nitrogens with one attached hydrogen (secondary N) is 1. The zero-order valence-corrected chi connectivity index (χ0v) is 14.8. The summed E-state index contributed by atoms with van der Waals surface area (Å²) in [6.07, 6.45) is 1.82. The number of para-hydroxylation sites is 1. The van der Waals surface area contributed by atoms with E-state index >= 15 is 0 Å². The smallest absolute Gasteiger partial charge is 0.244 e. The molecule has 0 fully saturated rings. The topological polar surface area (TPSA) is 76.7 Å². The minimum atomic E-state index is -0.196. The molecular weight excluding hydrogens is 338 g/mol. The Balaban J connectivity index is 1.56. The van der Waals surface area contributed by atoms with Crippen molar-refractivity contribution in [2.75, 3.05) is 5.73 Å². The highest BCUT2D eigenvalue weighted by molar-refractivity contribution is 5.85. The van der Waals surface area contributed by atoms with Crippen molar-refractivity contribution in [3.8, 4) is 5.75 Å². The van der Waals surface area contributed by atoms with Crippen LogP contribution in [0.3, 0.4) is 0 Å². The summed E-state index contributed by atoms with van der Waals surface area (Å²) in [6, 6.07) is 24.7. The zero-order chi connectivity index (χ0) is 18.9. The van der Waals surface area contributed by atoms with E-state index in [9.17, 15) is 4.79 Å². The number of ether oxygens (including phenoxy) is 1. The number of nitrogen functional groups attached to an aromatic ring is 1. The normalized spacial score (nSPS) is 10.7. The first kappa shape index (κ1) is 18.2. The Bertz CT molecular complexity index is 906. The fraction of sp³-hybridized carbons (Fsp3) is 0.0909. The van der Waals surface area contributed by atoms with E-state index in [2.05, 4.69) is 10.5 Å². The molecule has 1 amide bonds. The number of rotatable bonds is 7. The van der Waals surface area contributed by atoms with Gasteiger partial charge in [0, 0.05) is 11.3 Å². The van der Waals surface area contributed by atoms with Gasteiger partial charge < -0.3 is 10.5 Å². The first-order valence-corrected chi connectivity index (χ1v) is 8.63. The largest absolute Gasteiger partial charge is 0.488 e. The fourth-order valence-electron chi connectivity index (χ4n) is 2.49. The molecule has 3 aromatic rings. The van der Waals surface area contributed by atoms with Gasteiger partial charge in [-0.05, 0) is 35.4 Å². The summed E-state index contributed by atoms with van der Waals surface area (Å²) in [4.78, 5) is 12.0. The maximum Gasteiger partial charge on any atom is 0.244 e. The van der Waals surface area contributed by atoms with E-state index in [4.69, 9.17) is 10.5 Å². The van der Waals surface area contributed by atoms with E-state index in [1.165, 1.54) is 0 Å². The van der Waals surface area contributed by atoms with E-state index in [-0.39, 0.29) is 12.3 Å². The number of benzene rings is 3. The van der Waals surface area contributed by atoms with Crippen molar-refractivity contribution in [3.05, 3.63) is 95.6 Å². The number of nitrogens with two attached hydrogens (primary N) is 1. The first-order valence-electron chi connectivity index (χ1n) is 8.63. The van der Waals surface area contributed by atoms with Gasteiger partial charge in [-0.1, -0.05) is 54.6 Å². The molecule has 0 aliphatic rings. The molecule has 0 bridgehead atoms. The van der Waals surface area contributed by atoms with Gasteiger partial charge in [0.05, 0.1) is 12.6 Å². The van der Waals surface area contributed by atoms with Gasteiger partial charge in [-0.2, -0.15) is 5.10 Å². The standard InChI is InChI=1S/C22H21N3O2/c23-20-12-10-17(11-13-20)14-22(26)25-24-15-19-8-4-5-9-21(19)27-16-18-6-2-1-3-7-18/h1-13,15H,14,16,23H2,(H,25,26)/b24-15-. The van der Waals surface area contributed by atoms with Gasteiger partial charge in [0.15, 0.2) is 0 Å². The highest BCUT2D eigenvalue weighted by atomic mass is 16.5. The molecule has 5 nitrogen and oxygen atoms in total. The van der Waals surface area contributed by atoms with Crippen LogP contribution in [0, 0.1) is 0 Å². The number of hydrazone groups is 1. The van der Waals surface area contributed by atoms with Crippen LogP contribution in [0.2, 0.25) is 0 Å². The Morgan fingerprint density at radius 2 is 1.63 bits per heavy atom. The lowest BCUT2D eigenvalue weighted by molar-refractivity contribution is -0.120. The number of hydrogen-bond acceptors (Lipinski definition) is 4. The van der Waals surface area contributed by atoms with Gasteiger partial charge in [-0.15, -0.1) is 0 Å². The maximum atomic E-state index is 12.0. The van der Waals surface area contributed by atoms with Crippen molar-refractivity contribution < 1.29 is 9.53 Å². The molecule has 0 aliphatic heterocycles. The molecule has 136 valence electrons. The molecular formula is C22H21N3O2. The van der Waals surface area contributed by atoms with Crippen LogP contribution in [-0.4, -0.2) is 12.1 Å². The Hall–Kier alpha value is -3.60. The minimum Gasteiger partial charge on any atom is -0.488 e. The summed E-state index contributed by atoms with van der Waals surface area (Å²) in [7, 11) is 0. The number of anilines is 1. The predicted molar refractivity (Wildman–Crippen MR) is 108 cm³/mol. The third kappa shape index (κ3) is 5.71. The van der Waals surface area contributed by atoms with Crippen LogP contribution >= 0.6 is 0 Å². The lowest BCUT2D eigenvalue weighted by Gasteiger charge is -2.09. The van der Waals surface area contributed by atoms with Gasteiger partial charge in [0.1, 0.15) is 12.4 Å². The Morgan fingerprint density at radius 3 is 2.41 bits per heavy atom. The van der Waals surface area contributed by atoms with Gasteiger partial charge in [0.2, 0.25) is 5.91 Å². The van der Waals surface area contributed by atoms with E-state index in [1.807, 2.05) is 66.7 Å². The number of nitrogens with zero attached hydrogens (tertiary/aromatic N) is 1. The predicted octanol–water partition coefficient (Wildman–Crippen LogP) is 3.54. The third-order valence-corrected chi connectivity index (χ3v) is 3.89. The lowest BCUT2D eigenvalue weighted by atomic mass is 10.1. The molecule has 0 saturated heterocycles. The van der Waals surface area contributed by atoms with Crippen molar-refractivity contribution in [3.63, 3.8) is 0 Å². The van der Waals surface area contributed by atoms with Gasteiger partial charge in [-0.25, -0.2) is 5.43 Å². The van der Waals surface area contributed by atoms with Gasteiger partial charge >= 0.3 is 0 Å². The molecule has 0 radical (unpaired) electrons. The van der Waals surface area contributed by atoms with E-state index < -0.39 is 0 Å². The van der Waals surface area contributed by atoms with Crippen molar-refractivity contribution in [1.29, 1.82) is 0 Å². The van der Waals surface area contributed by atoms with E-state index in [0.29, 0.717) is 18.0 Å². The minimum absolute atomic E-state index is 0.196. The number of carbonyl (C=O) groups is 1. The lowest BCUT2D eigenvalue weighted by Crippen LogP contribution is -2.19. The number of hydrogen-bond donors (Lipinski definition) is 2. The molecule has 27 heavy (non-hydrogen) atoms. The molecule has 0 spiro atoms. The highest BCUT2D eigenvalue weighted by Crippen LogP contribution is 2.17. The third-order valence-electron chi connectivity index (χ3n) is 3.89. The fourth-order valence-corrected chi connectivity index (χ4v) is 2.49. The first-order chi connectivity index (χ1) is 13.2. The van der Waals surface area contributed by atoms with Crippen molar-refractivity contribution in [2.24, 2.45) is 5.10 Å². The Kier molecular flexibility index (Phi) is 6.20. The number of amides is 1. The average molecular weight is 359 g/mol. The monoisotopic (exact) mass is 359 g/mol. The molecule has 3 N–H and O–H groups in total. The van der Waals surface area contributed by atoms with Crippen LogP contribution in [0.25, 0.3) is 0 Å². The SMILES string of the molecule is Nc1ccc(CC(=O)N/N=C\c2ccccc2OCc2ccccc2)cc1. The molecule has 0 unspecified atom stereocenters. The molecule has 0 heterocycles. The van der Waals surface area contributed by atoms with Gasteiger partial charge in [-0.3, -0.25) is 4.79 Å². The van der Waals surface area contributed by atoms with Crippen LogP contribution in [0.15, 0.2) is 84.0 Å². The van der Waals surface area contributed by atoms with E-state index in [1.54, 1.807) is 18.3 Å². The summed E-state index contributed by atoms with van der Waals surface area (Å²) < 4.78 is 5.87. The molecule has 3 rings (SSSR count). The van der Waals surface area contributed by atoms with Crippen LogP contribution in [-0.2, 0) is 17.8 Å². The number of carbonyl (C=O) groups excluding carboxylic acids is 1. The summed E-state index contributed by atoms with van der Waals surface area (Å²) in [5, 5.41) is 4.04. The highest BCUT2D eigenvalue weighted by Gasteiger charge is 2.03. The second kappa shape index (κ2) is 9.20. The molecule has 5 heteroatoms. The van der Waals surface area contributed by atoms with Crippen LogP contribution in [0.5, 0.6) is 5.75 Å². The van der Waals surface area contributed by atoms with E-state index in [0.717, 1.165) is 16.7 Å². The molecule has 0 saturated carbocycles. The second-order valence-corrected chi connectivity index (χ2v) is 6.02. The Labute approximate surface area is 158 Å². The van der Waals surface area contributed by atoms with Crippen molar-refractivity contribution in [1.82, 2.24) is 5.43 Å². The maximum absolute atomic E-state index is 12.0. The summed E-state index contributed by atoms with van der Waals surface area (Å²) in [5.41, 5.74) is 11.6. The molecule has 0 aliphatic carbocycles. The van der Waals surface area contributed by atoms with Crippen molar-refractivity contribution >= 4 is 17.8 Å². The zero-order valence-electron chi connectivity index (χ0n) is 14.8. The summed E-state index contributed by atoms with van der Waals surface area (Å²) >= 11 is 0. The van der Waals surface area contributed by atoms with Gasteiger partial charge in [0.25, 0.3) is 0 Å². The molecule has 0 aromatic heterocycles. The summed E-state index contributed by atoms with van der Waals surface area (Å²) in [6.45, 7) is 0.467. The van der Waals surface area contributed by atoms with Crippen molar-refractivity contribution in [2.45, 2.75) is 13.0 Å². The molecule has 0 atom stereocenters. The quantitative estimate of drug-likeness (QED) is 0.385. The van der Waals surface area contributed by atoms with Crippen LogP contribution in [0.4, 0.5) is 5.69 Å². The Morgan fingerprint density at radius 1 is 0.926 bits per heavy atom. The molecule has 3 aromatic carbocycles. The van der Waals surface area contributed by atoms with Crippen LogP contribution in [0.1, 0.15) is 16.7 Å². The summed E-state index contributed by atoms with van der Waals surface area (Å²) in [5.74, 6) is 0.511.